The van der Waals surface area contributed by atoms with Gasteiger partial charge in [-0.25, -0.2) is 0 Å². The lowest BCUT2D eigenvalue weighted by Crippen LogP contribution is -2.48. The molecule has 1 unspecified atom stereocenters. The number of aliphatic hydroxyl groups excluding tert-OH is 1. The molecule has 0 radical (unpaired) electrons. The normalized spacial score (nSPS) is 23.1. The number of nitrogens with zero attached hydrogens (tertiary/aromatic N) is 2. The molecule has 2 fully saturated rings. The zero-order valence-electron chi connectivity index (χ0n) is 15.8. The number of nitrogens with one attached hydrogen (secondary N) is 1. The van der Waals surface area contributed by atoms with Crippen molar-refractivity contribution in [1.29, 1.82) is 0 Å². The van der Waals surface area contributed by atoms with E-state index < -0.39 is 6.61 Å². The molecule has 3 aliphatic rings. The fraction of sp³-hybridized carbons (Fsp3) is 0.524. The number of hydrogen-bond acceptors (Lipinski definition) is 5. The molecule has 0 bridgehead atoms. The van der Waals surface area contributed by atoms with Gasteiger partial charge in [0.25, 0.3) is 0 Å². The van der Waals surface area contributed by atoms with Crippen LogP contribution in [0.15, 0.2) is 30.6 Å². The first-order valence-electron chi connectivity index (χ1n) is 10.0. The molecular weight excluding hydrogens is 358 g/mol. The van der Waals surface area contributed by atoms with Crippen LogP contribution < -0.4 is 10.1 Å². The Labute approximate surface area is 163 Å². The van der Waals surface area contributed by atoms with E-state index in [0.717, 1.165) is 35.3 Å². The van der Waals surface area contributed by atoms with Crippen molar-refractivity contribution in [3.63, 3.8) is 0 Å². The number of hydrogen-bond donors (Lipinski definition) is 2. The van der Waals surface area contributed by atoms with Crippen LogP contribution >= 0.6 is 0 Å². The van der Waals surface area contributed by atoms with Gasteiger partial charge in [0, 0.05) is 36.6 Å². The van der Waals surface area contributed by atoms with Gasteiger partial charge in [-0.1, -0.05) is 6.07 Å². The monoisotopic (exact) mass is 383 g/mol. The van der Waals surface area contributed by atoms with E-state index in [9.17, 15) is 9.90 Å². The molecule has 7 nitrogen and oxygen atoms in total. The highest BCUT2D eigenvalue weighted by Gasteiger charge is 2.42. The Balaban J connectivity index is 1.49. The second kappa shape index (κ2) is 6.90. The molecule has 1 amide bonds. The first-order valence-corrected chi connectivity index (χ1v) is 10.0. The fourth-order valence-corrected chi connectivity index (χ4v) is 4.29. The maximum atomic E-state index is 12.0. The Kier molecular flexibility index (Phi) is 4.36. The number of carbonyl (C=O) groups is 1. The largest absolute Gasteiger partial charge is 0.487 e. The van der Waals surface area contributed by atoms with Gasteiger partial charge < -0.3 is 19.9 Å². The highest BCUT2D eigenvalue weighted by Crippen LogP contribution is 2.45. The quantitative estimate of drug-likeness (QED) is 0.847. The molecule has 1 aliphatic carbocycles. The Morgan fingerprint density at radius 3 is 2.86 bits per heavy atom. The molecule has 1 saturated carbocycles. The van der Waals surface area contributed by atoms with E-state index in [2.05, 4.69) is 28.7 Å². The minimum Gasteiger partial charge on any atom is -0.487 e. The van der Waals surface area contributed by atoms with Gasteiger partial charge in [-0.2, -0.15) is 5.10 Å². The first-order chi connectivity index (χ1) is 13.7. The maximum absolute atomic E-state index is 12.0. The molecule has 1 spiro atoms. The minimum atomic E-state index is -0.517. The molecular formula is C21H25N3O4. The second-order valence-electron chi connectivity index (χ2n) is 8.07. The molecule has 1 aromatic carbocycles. The number of benzene rings is 1. The summed E-state index contributed by atoms with van der Waals surface area (Å²) in [5.41, 5.74) is 2.75. The van der Waals surface area contributed by atoms with E-state index in [4.69, 9.17) is 9.47 Å². The maximum Gasteiger partial charge on any atom is 0.246 e. The van der Waals surface area contributed by atoms with E-state index in [1.807, 2.05) is 16.9 Å². The van der Waals surface area contributed by atoms with Crippen molar-refractivity contribution < 1.29 is 19.4 Å². The number of aromatic nitrogens is 2. The van der Waals surface area contributed by atoms with Crippen LogP contribution in [0.5, 0.6) is 5.75 Å². The standard InChI is InChI=1S/C21H25N3O4/c25-13-20(26)23-18-10-21(5-7-27-8-6-21)28-19-4-1-14(9-17(18)19)15-11-22-24(12-15)16-2-3-16/h1,4,9,11-12,16,18,25H,2-3,5-8,10,13H2,(H,23,26). The van der Waals surface area contributed by atoms with Gasteiger partial charge in [0.1, 0.15) is 18.0 Å². The van der Waals surface area contributed by atoms with Gasteiger partial charge in [0.15, 0.2) is 0 Å². The Bertz CT molecular complexity index is 884. The molecule has 2 aliphatic heterocycles. The van der Waals surface area contributed by atoms with Crippen molar-refractivity contribution in [1.82, 2.24) is 15.1 Å². The third-order valence-corrected chi connectivity index (χ3v) is 6.03. The lowest BCUT2D eigenvalue weighted by atomic mass is 9.81. The van der Waals surface area contributed by atoms with Gasteiger partial charge in [-0.3, -0.25) is 9.48 Å². The van der Waals surface area contributed by atoms with Gasteiger partial charge in [-0.15, -0.1) is 0 Å². The zero-order valence-corrected chi connectivity index (χ0v) is 15.8. The zero-order chi connectivity index (χ0) is 19.1. The molecule has 1 aromatic heterocycles. The average Bonchev–Trinajstić information content (AvgIpc) is 3.45. The second-order valence-corrected chi connectivity index (χ2v) is 8.07. The van der Waals surface area contributed by atoms with E-state index in [1.54, 1.807) is 0 Å². The summed E-state index contributed by atoms with van der Waals surface area (Å²) in [6.07, 6.45) is 8.65. The Morgan fingerprint density at radius 1 is 1.29 bits per heavy atom. The summed E-state index contributed by atoms with van der Waals surface area (Å²) in [5, 5.41) is 16.7. The van der Waals surface area contributed by atoms with Crippen LogP contribution in [0.4, 0.5) is 0 Å². The highest BCUT2D eigenvalue weighted by molar-refractivity contribution is 5.78. The Hall–Kier alpha value is -2.38. The molecule has 2 aromatic rings. The molecule has 148 valence electrons. The topological polar surface area (TPSA) is 85.6 Å². The molecule has 2 N–H and O–H groups in total. The van der Waals surface area contributed by atoms with Crippen LogP contribution in [0.25, 0.3) is 11.1 Å². The smallest absolute Gasteiger partial charge is 0.246 e. The van der Waals surface area contributed by atoms with Crippen LogP contribution in [0.3, 0.4) is 0 Å². The van der Waals surface area contributed by atoms with Crippen LogP contribution in [0.1, 0.15) is 49.8 Å². The first kappa shape index (κ1) is 17.7. The van der Waals surface area contributed by atoms with Crippen molar-refractivity contribution in [3.8, 4) is 16.9 Å². The minimum absolute atomic E-state index is 0.195. The number of amides is 1. The van der Waals surface area contributed by atoms with Crippen molar-refractivity contribution in [2.75, 3.05) is 19.8 Å². The van der Waals surface area contributed by atoms with E-state index >= 15 is 0 Å². The molecule has 1 atom stereocenters. The number of aliphatic hydroxyl groups is 1. The van der Waals surface area contributed by atoms with Crippen molar-refractivity contribution in [3.05, 3.63) is 36.2 Å². The van der Waals surface area contributed by atoms with Gasteiger partial charge >= 0.3 is 0 Å². The lowest BCUT2D eigenvalue weighted by Gasteiger charge is -2.44. The fourth-order valence-electron chi connectivity index (χ4n) is 4.29. The third kappa shape index (κ3) is 3.29. The third-order valence-electron chi connectivity index (χ3n) is 6.03. The molecule has 3 heterocycles. The Morgan fingerprint density at radius 2 is 2.11 bits per heavy atom. The molecule has 28 heavy (non-hydrogen) atoms. The highest BCUT2D eigenvalue weighted by atomic mass is 16.5. The summed E-state index contributed by atoms with van der Waals surface area (Å²) in [7, 11) is 0. The molecule has 5 rings (SSSR count). The van der Waals surface area contributed by atoms with Crippen LogP contribution in [-0.2, 0) is 9.53 Å². The van der Waals surface area contributed by atoms with Crippen molar-refractivity contribution in [2.24, 2.45) is 0 Å². The summed E-state index contributed by atoms with van der Waals surface area (Å²) in [4.78, 5) is 12.0. The molecule has 7 heteroatoms. The predicted molar refractivity (Wildman–Crippen MR) is 102 cm³/mol. The number of carbonyl (C=O) groups excluding carboxylic acids is 1. The summed E-state index contributed by atoms with van der Waals surface area (Å²) < 4.78 is 14.0. The predicted octanol–water partition coefficient (Wildman–Crippen LogP) is 2.37. The van der Waals surface area contributed by atoms with E-state index in [1.165, 1.54) is 12.8 Å². The number of ether oxygens (including phenoxy) is 2. The van der Waals surface area contributed by atoms with Crippen LogP contribution in [0, 0.1) is 0 Å². The van der Waals surface area contributed by atoms with E-state index in [0.29, 0.717) is 25.7 Å². The summed E-state index contributed by atoms with van der Waals surface area (Å²) in [6, 6.07) is 6.47. The van der Waals surface area contributed by atoms with Crippen molar-refractivity contribution in [2.45, 2.75) is 49.8 Å². The van der Waals surface area contributed by atoms with Crippen LogP contribution in [0.2, 0.25) is 0 Å². The summed E-state index contributed by atoms with van der Waals surface area (Å²) in [5.74, 6) is 0.432. The summed E-state index contributed by atoms with van der Waals surface area (Å²) >= 11 is 0. The average molecular weight is 383 g/mol. The molecule has 1 saturated heterocycles. The number of fused-ring (bicyclic) bond motifs is 1. The van der Waals surface area contributed by atoms with Gasteiger partial charge in [0.05, 0.1) is 31.5 Å². The van der Waals surface area contributed by atoms with Gasteiger partial charge in [-0.05, 0) is 30.5 Å². The van der Waals surface area contributed by atoms with Crippen molar-refractivity contribution >= 4 is 5.91 Å². The van der Waals surface area contributed by atoms with Gasteiger partial charge in [0.2, 0.25) is 5.91 Å². The summed E-state index contributed by atoms with van der Waals surface area (Å²) in [6.45, 7) is 0.805. The number of rotatable bonds is 4. The van der Waals surface area contributed by atoms with Crippen LogP contribution in [-0.4, -0.2) is 46.2 Å². The van der Waals surface area contributed by atoms with E-state index in [-0.39, 0.29) is 17.6 Å². The SMILES string of the molecule is O=C(CO)NC1CC2(CCOCC2)Oc2ccc(-c3cnn(C4CC4)c3)cc21. The lowest BCUT2D eigenvalue weighted by molar-refractivity contribution is -0.125.